The van der Waals surface area contributed by atoms with Crippen LogP contribution in [-0.2, 0) is 20.7 Å². The van der Waals surface area contributed by atoms with Gasteiger partial charge in [0.05, 0.1) is 24.5 Å². The SMILES string of the molecule is CCOC(=O)Cc1sc(=O)[nH]c1C(=O)OCC. The molecular weight excluding hydrogens is 246 g/mol. The van der Waals surface area contributed by atoms with Crippen molar-refractivity contribution in [2.24, 2.45) is 0 Å². The third kappa shape index (κ3) is 3.70. The molecule has 7 heteroatoms. The van der Waals surface area contributed by atoms with Crippen LogP contribution in [0, 0.1) is 0 Å². The van der Waals surface area contributed by atoms with Crippen molar-refractivity contribution in [2.45, 2.75) is 20.3 Å². The topological polar surface area (TPSA) is 85.5 Å². The van der Waals surface area contributed by atoms with E-state index in [0.29, 0.717) is 4.88 Å². The lowest BCUT2D eigenvalue weighted by atomic mass is 10.3. The van der Waals surface area contributed by atoms with Crippen LogP contribution in [0.5, 0.6) is 0 Å². The predicted molar refractivity (Wildman–Crippen MR) is 61.2 cm³/mol. The molecule has 0 aliphatic carbocycles. The van der Waals surface area contributed by atoms with Gasteiger partial charge in [-0.15, -0.1) is 0 Å². The number of hydrogen-bond acceptors (Lipinski definition) is 6. The van der Waals surface area contributed by atoms with Gasteiger partial charge in [-0.1, -0.05) is 11.3 Å². The van der Waals surface area contributed by atoms with Gasteiger partial charge in [-0.25, -0.2) is 4.79 Å². The predicted octanol–water partition coefficient (Wildman–Crippen LogP) is 0.719. The molecule has 0 saturated heterocycles. The number of carbonyl (C=O) groups is 2. The molecule has 0 fully saturated rings. The van der Waals surface area contributed by atoms with E-state index in [4.69, 9.17) is 9.47 Å². The van der Waals surface area contributed by atoms with Crippen LogP contribution in [0.25, 0.3) is 0 Å². The molecular formula is C10H13NO5S. The Kier molecular flexibility index (Phi) is 4.89. The molecule has 0 radical (unpaired) electrons. The van der Waals surface area contributed by atoms with Gasteiger partial charge in [-0.3, -0.25) is 9.59 Å². The molecule has 0 aliphatic rings. The molecule has 0 saturated carbocycles. The highest BCUT2D eigenvalue weighted by atomic mass is 32.1. The normalized spacial score (nSPS) is 10.0. The molecule has 0 spiro atoms. The molecule has 94 valence electrons. The zero-order valence-corrected chi connectivity index (χ0v) is 10.4. The lowest BCUT2D eigenvalue weighted by Crippen LogP contribution is -2.12. The maximum Gasteiger partial charge on any atom is 0.356 e. The number of rotatable bonds is 5. The molecule has 0 aliphatic heterocycles. The van der Waals surface area contributed by atoms with E-state index in [-0.39, 0.29) is 25.3 Å². The molecule has 0 aromatic carbocycles. The second-order valence-electron chi connectivity index (χ2n) is 3.01. The number of aromatic nitrogens is 1. The minimum atomic E-state index is -0.634. The summed E-state index contributed by atoms with van der Waals surface area (Å²) in [6.07, 6.45) is -0.106. The van der Waals surface area contributed by atoms with Gasteiger partial charge in [0.15, 0.2) is 0 Å². The second kappa shape index (κ2) is 6.19. The first kappa shape index (κ1) is 13.4. The summed E-state index contributed by atoms with van der Waals surface area (Å²) in [5.74, 6) is -1.11. The van der Waals surface area contributed by atoms with E-state index in [9.17, 15) is 14.4 Å². The standard InChI is InChI=1S/C10H13NO5S/c1-3-15-7(12)5-6-8(9(13)16-4-2)11-10(14)17-6/h3-5H2,1-2H3,(H,11,14). The molecule has 1 rings (SSSR count). The first-order valence-electron chi connectivity index (χ1n) is 5.13. The Morgan fingerprint density at radius 3 is 2.47 bits per heavy atom. The Labute approximate surface area is 102 Å². The van der Waals surface area contributed by atoms with E-state index in [0.717, 1.165) is 11.3 Å². The van der Waals surface area contributed by atoms with Gasteiger partial charge in [0, 0.05) is 0 Å². The first-order valence-corrected chi connectivity index (χ1v) is 5.94. The van der Waals surface area contributed by atoms with Gasteiger partial charge < -0.3 is 14.5 Å². The van der Waals surface area contributed by atoms with E-state index >= 15 is 0 Å². The molecule has 0 unspecified atom stereocenters. The summed E-state index contributed by atoms with van der Waals surface area (Å²) in [4.78, 5) is 36.2. The Morgan fingerprint density at radius 1 is 1.24 bits per heavy atom. The number of H-pyrrole nitrogens is 1. The highest BCUT2D eigenvalue weighted by Gasteiger charge is 2.19. The maximum absolute atomic E-state index is 11.5. The third-order valence-corrected chi connectivity index (χ3v) is 2.69. The van der Waals surface area contributed by atoms with E-state index < -0.39 is 16.8 Å². The van der Waals surface area contributed by atoms with E-state index in [1.165, 1.54) is 0 Å². The lowest BCUT2D eigenvalue weighted by Gasteiger charge is -2.02. The molecule has 0 bridgehead atoms. The number of ether oxygens (including phenoxy) is 2. The Hall–Kier alpha value is -1.63. The van der Waals surface area contributed by atoms with Crippen molar-refractivity contribution in [3.05, 3.63) is 20.2 Å². The summed E-state index contributed by atoms with van der Waals surface area (Å²) < 4.78 is 9.52. The van der Waals surface area contributed by atoms with Crippen LogP contribution in [-0.4, -0.2) is 30.1 Å². The van der Waals surface area contributed by atoms with Crippen LogP contribution in [0.3, 0.4) is 0 Å². The highest BCUT2D eigenvalue weighted by Crippen LogP contribution is 2.12. The maximum atomic E-state index is 11.5. The van der Waals surface area contributed by atoms with Crippen LogP contribution in [0.4, 0.5) is 0 Å². The van der Waals surface area contributed by atoms with Crippen LogP contribution in [0.1, 0.15) is 29.2 Å². The van der Waals surface area contributed by atoms with Gasteiger partial charge in [-0.05, 0) is 13.8 Å². The second-order valence-corrected chi connectivity index (χ2v) is 4.08. The summed E-state index contributed by atoms with van der Waals surface area (Å²) in [5.41, 5.74) is 0.0369. The number of thiazole rings is 1. The number of carbonyl (C=O) groups excluding carboxylic acids is 2. The van der Waals surface area contributed by atoms with Crippen molar-refractivity contribution in [1.29, 1.82) is 0 Å². The Balaban J connectivity index is 2.88. The van der Waals surface area contributed by atoms with Crippen LogP contribution < -0.4 is 4.87 Å². The monoisotopic (exact) mass is 259 g/mol. The lowest BCUT2D eigenvalue weighted by molar-refractivity contribution is -0.142. The average molecular weight is 259 g/mol. The summed E-state index contributed by atoms with van der Waals surface area (Å²) in [6, 6.07) is 0. The van der Waals surface area contributed by atoms with E-state index in [2.05, 4.69) is 4.98 Å². The minimum absolute atomic E-state index is 0.0369. The minimum Gasteiger partial charge on any atom is -0.466 e. The fourth-order valence-corrected chi connectivity index (χ4v) is 2.00. The fraction of sp³-hybridized carbons (Fsp3) is 0.500. The summed E-state index contributed by atoms with van der Waals surface area (Å²) in [7, 11) is 0. The number of aromatic amines is 1. The first-order chi connectivity index (χ1) is 8.08. The zero-order chi connectivity index (χ0) is 12.8. The van der Waals surface area contributed by atoms with Gasteiger partial charge in [0.25, 0.3) is 0 Å². The molecule has 0 amide bonds. The van der Waals surface area contributed by atoms with Crippen molar-refractivity contribution in [3.63, 3.8) is 0 Å². The quantitative estimate of drug-likeness (QED) is 0.787. The van der Waals surface area contributed by atoms with Crippen molar-refractivity contribution >= 4 is 23.3 Å². The molecule has 1 aromatic heterocycles. The Morgan fingerprint density at radius 2 is 1.88 bits per heavy atom. The molecule has 1 N–H and O–H groups in total. The molecule has 1 heterocycles. The summed E-state index contributed by atoms with van der Waals surface area (Å²) in [6.45, 7) is 3.81. The fourth-order valence-electron chi connectivity index (χ4n) is 1.20. The van der Waals surface area contributed by atoms with Gasteiger partial charge in [-0.2, -0.15) is 0 Å². The summed E-state index contributed by atoms with van der Waals surface area (Å²) >= 11 is 0.810. The van der Waals surface area contributed by atoms with Crippen molar-refractivity contribution < 1.29 is 19.1 Å². The van der Waals surface area contributed by atoms with Gasteiger partial charge in [0.1, 0.15) is 5.69 Å². The average Bonchev–Trinajstić information content (AvgIpc) is 2.60. The van der Waals surface area contributed by atoms with Crippen LogP contribution in [0.15, 0.2) is 4.79 Å². The smallest absolute Gasteiger partial charge is 0.356 e. The molecule has 0 atom stereocenters. The number of nitrogens with one attached hydrogen (secondary N) is 1. The van der Waals surface area contributed by atoms with E-state index in [1.807, 2.05) is 0 Å². The highest BCUT2D eigenvalue weighted by molar-refractivity contribution is 7.09. The zero-order valence-electron chi connectivity index (χ0n) is 9.57. The molecule has 6 nitrogen and oxygen atoms in total. The van der Waals surface area contributed by atoms with Crippen LogP contribution in [0.2, 0.25) is 0 Å². The van der Waals surface area contributed by atoms with Gasteiger partial charge in [0.2, 0.25) is 0 Å². The summed E-state index contributed by atoms with van der Waals surface area (Å²) in [5, 5.41) is 0. The van der Waals surface area contributed by atoms with Crippen LogP contribution >= 0.6 is 11.3 Å². The molecule has 17 heavy (non-hydrogen) atoms. The van der Waals surface area contributed by atoms with Crippen molar-refractivity contribution in [3.8, 4) is 0 Å². The number of esters is 2. The van der Waals surface area contributed by atoms with Gasteiger partial charge >= 0.3 is 16.8 Å². The molecule has 1 aromatic rings. The van der Waals surface area contributed by atoms with E-state index in [1.54, 1.807) is 13.8 Å². The third-order valence-electron chi connectivity index (χ3n) is 1.81. The van der Waals surface area contributed by atoms with Crippen molar-refractivity contribution in [1.82, 2.24) is 4.98 Å². The van der Waals surface area contributed by atoms with Crippen molar-refractivity contribution in [2.75, 3.05) is 13.2 Å². The largest absolute Gasteiger partial charge is 0.466 e. The Bertz CT molecular complexity index is 462. The number of hydrogen-bond donors (Lipinski definition) is 1.